The van der Waals surface area contributed by atoms with E-state index in [0.29, 0.717) is 12.7 Å². The molecule has 2 rings (SSSR count). The summed E-state index contributed by atoms with van der Waals surface area (Å²) in [5.41, 5.74) is 1.08. The van der Waals surface area contributed by atoms with Crippen molar-refractivity contribution >= 4 is 11.3 Å². The Kier molecular flexibility index (Phi) is 6.23. The van der Waals surface area contributed by atoms with Gasteiger partial charge in [0, 0.05) is 31.6 Å². The van der Waals surface area contributed by atoms with Gasteiger partial charge < -0.3 is 14.8 Å². The molecule has 0 spiro atoms. The van der Waals surface area contributed by atoms with Crippen LogP contribution < -0.4 is 5.32 Å². The van der Waals surface area contributed by atoms with E-state index in [1.54, 1.807) is 18.4 Å². The molecular formula is C14H24N2O2S. The summed E-state index contributed by atoms with van der Waals surface area (Å²) in [4.78, 5) is 6.02. The number of thiazole rings is 1. The van der Waals surface area contributed by atoms with Gasteiger partial charge in [-0.15, -0.1) is 11.3 Å². The number of nitrogens with zero attached hydrogens (tertiary/aromatic N) is 1. The summed E-state index contributed by atoms with van der Waals surface area (Å²) < 4.78 is 11.0. The number of aromatic nitrogens is 1. The van der Waals surface area contributed by atoms with Gasteiger partial charge in [-0.1, -0.05) is 6.92 Å². The first kappa shape index (κ1) is 14.9. The molecule has 1 fully saturated rings. The molecule has 1 aliphatic rings. The molecule has 1 aliphatic heterocycles. The van der Waals surface area contributed by atoms with Crippen molar-refractivity contribution in [2.75, 3.05) is 20.3 Å². The van der Waals surface area contributed by atoms with E-state index in [1.807, 2.05) is 0 Å². The number of ether oxygens (including phenoxy) is 2. The van der Waals surface area contributed by atoms with Crippen LogP contribution in [0.4, 0.5) is 0 Å². The highest BCUT2D eigenvalue weighted by Crippen LogP contribution is 2.24. The summed E-state index contributed by atoms with van der Waals surface area (Å²) in [6.45, 7) is 5.49. The van der Waals surface area contributed by atoms with Crippen LogP contribution in [-0.2, 0) is 29.0 Å². The Morgan fingerprint density at radius 3 is 3.05 bits per heavy atom. The predicted molar refractivity (Wildman–Crippen MR) is 77.5 cm³/mol. The largest absolute Gasteiger partial charge is 0.378 e. The van der Waals surface area contributed by atoms with Crippen molar-refractivity contribution in [3.63, 3.8) is 0 Å². The molecule has 1 unspecified atom stereocenters. The third-order valence-corrected chi connectivity index (χ3v) is 4.44. The van der Waals surface area contributed by atoms with Crippen molar-refractivity contribution in [3.8, 4) is 0 Å². The number of rotatable bonds is 7. The van der Waals surface area contributed by atoms with Crippen LogP contribution in [0.5, 0.6) is 0 Å². The van der Waals surface area contributed by atoms with Crippen LogP contribution in [0.3, 0.4) is 0 Å². The fourth-order valence-electron chi connectivity index (χ4n) is 2.31. The Labute approximate surface area is 119 Å². The average Bonchev–Trinajstić information content (AvgIpc) is 2.80. The molecule has 1 atom stereocenters. The Bertz CT molecular complexity index is 376. The summed E-state index contributed by atoms with van der Waals surface area (Å²) in [5, 5.41) is 4.55. The van der Waals surface area contributed by atoms with Crippen molar-refractivity contribution in [3.05, 3.63) is 15.6 Å². The second-order valence-corrected chi connectivity index (χ2v) is 6.05. The van der Waals surface area contributed by atoms with Gasteiger partial charge in [-0.3, -0.25) is 0 Å². The fourth-order valence-corrected chi connectivity index (χ4v) is 3.42. The molecule has 4 nitrogen and oxygen atoms in total. The molecule has 0 saturated carbocycles. The monoisotopic (exact) mass is 284 g/mol. The fraction of sp³-hybridized carbons (Fsp3) is 0.786. The lowest BCUT2D eigenvalue weighted by molar-refractivity contribution is 0.0167. The van der Waals surface area contributed by atoms with E-state index in [1.165, 1.54) is 29.1 Å². The Balaban J connectivity index is 1.98. The zero-order chi connectivity index (χ0) is 13.5. The Morgan fingerprint density at radius 1 is 1.47 bits per heavy atom. The molecule has 0 aliphatic carbocycles. The quantitative estimate of drug-likeness (QED) is 0.835. The summed E-state index contributed by atoms with van der Waals surface area (Å²) in [6, 6.07) is 0. The van der Waals surface area contributed by atoms with Crippen molar-refractivity contribution in [2.45, 2.75) is 51.9 Å². The predicted octanol–water partition coefficient (Wildman–Crippen LogP) is 2.51. The van der Waals surface area contributed by atoms with Gasteiger partial charge in [-0.25, -0.2) is 4.98 Å². The third-order valence-electron chi connectivity index (χ3n) is 3.32. The molecule has 5 heteroatoms. The zero-order valence-corrected chi connectivity index (χ0v) is 12.7. The van der Waals surface area contributed by atoms with Crippen LogP contribution in [-0.4, -0.2) is 31.3 Å². The standard InChI is InChI=1S/C14H24N2O2S/c1-3-15-9-13-12(10-17-2)16-14(19-13)8-11-6-4-5-7-18-11/h11,15H,3-10H2,1-2H3. The smallest absolute Gasteiger partial charge is 0.0958 e. The molecule has 0 bridgehead atoms. The topological polar surface area (TPSA) is 43.4 Å². The number of nitrogens with one attached hydrogen (secondary N) is 1. The van der Waals surface area contributed by atoms with E-state index in [4.69, 9.17) is 14.5 Å². The van der Waals surface area contributed by atoms with Crippen molar-refractivity contribution < 1.29 is 9.47 Å². The molecule has 19 heavy (non-hydrogen) atoms. The maximum atomic E-state index is 5.79. The van der Waals surface area contributed by atoms with E-state index >= 15 is 0 Å². The summed E-state index contributed by atoms with van der Waals surface area (Å²) in [6.07, 6.45) is 4.97. The number of hydrogen-bond acceptors (Lipinski definition) is 5. The minimum Gasteiger partial charge on any atom is -0.378 e. The highest BCUT2D eigenvalue weighted by atomic mass is 32.1. The molecule has 0 amide bonds. The zero-order valence-electron chi connectivity index (χ0n) is 11.9. The van der Waals surface area contributed by atoms with Crippen LogP contribution in [0.15, 0.2) is 0 Å². The normalized spacial score (nSPS) is 19.8. The van der Waals surface area contributed by atoms with Gasteiger partial charge in [0.05, 0.1) is 23.4 Å². The van der Waals surface area contributed by atoms with Crippen LogP contribution in [0.1, 0.15) is 41.8 Å². The molecule has 1 aromatic rings. The SMILES string of the molecule is CCNCc1sc(CC2CCCCO2)nc1COC. The number of hydrogen-bond donors (Lipinski definition) is 1. The molecule has 1 aromatic heterocycles. The third kappa shape index (κ3) is 4.53. The van der Waals surface area contributed by atoms with E-state index in [2.05, 4.69) is 12.2 Å². The lowest BCUT2D eigenvalue weighted by atomic mass is 10.1. The van der Waals surface area contributed by atoms with Gasteiger partial charge in [0.15, 0.2) is 0 Å². The lowest BCUT2D eigenvalue weighted by Crippen LogP contribution is -2.21. The number of methoxy groups -OCH3 is 1. The molecule has 0 radical (unpaired) electrons. The maximum absolute atomic E-state index is 5.79. The molecule has 1 N–H and O–H groups in total. The first-order chi connectivity index (χ1) is 9.33. The molecule has 108 valence electrons. The lowest BCUT2D eigenvalue weighted by Gasteiger charge is -2.21. The first-order valence-electron chi connectivity index (χ1n) is 7.12. The van der Waals surface area contributed by atoms with Crippen molar-refractivity contribution in [1.29, 1.82) is 0 Å². The molecule has 2 heterocycles. The van der Waals surface area contributed by atoms with Gasteiger partial charge in [-0.2, -0.15) is 0 Å². The minimum absolute atomic E-state index is 0.363. The molecule has 0 aromatic carbocycles. The van der Waals surface area contributed by atoms with Crippen LogP contribution in [0.25, 0.3) is 0 Å². The maximum Gasteiger partial charge on any atom is 0.0958 e. The second kappa shape index (κ2) is 7.94. The summed E-state index contributed by atoms with van der Waals surface area (Å²) >= 11 is 1.80. The van der Waals surface area contributed by atoms with Gasteiger partial charge in [-0.05, 0) is 25.8 Å². The highest BCUT2D eigenvalue weighted by Gasteiger charge is 2.18. The molecule has 1 saturated heterocycles. The van der Waals surface area contributed by atoms with Crippen LogP contribution >= 0.6 is 11.3 Å². The van der Waals surface area contributed by atoms with E-state index in [9.17, 15) is 0 Å². The van der Waals surface area contributed by atoms with Gasteiger partial charge in [0.2, 0.25) is 0 Å². The van der Waals surface area contributed by atoms with Gasteiger partial charge in [0.25, 0.3) is 0 Å². The van der Waals surface area contributed by atoms with Crippen molar-refractivity contribution in [2.24, 2.45) is 0 Å². The Morgan fingerprint density at radius 2 is 2.37 bits per heavy atom. The summed E-state index contributed by atoms with van der Waals surface area (Å²) in [5.74, 6) is 0. The van der Waals surface area contributed by atoms with Crippen LogP contribution in [0.2, 0.25) is 0 Å². The van der Waals surface area contributed by atoms with Gasteiger partial charge >= 0.3 is 0 Å². The molecular weight excluding hydrogens is 260 g/mol. The second-order valence-electron chi connectivity index (χ2n) is 4.88. The Hall–Kier alpha value is -0.490. The van der Waals surface area contributed by atoms with Crippen molar-refractivity contribution in [1.82, 2.24) is 10.3 Å². The van der Waals surface area contributed by atoms with Gasteiger partial charge in [0.1, 0.15) is 0 Å². The average molecular weight is 284 g/mol. The first-order valence-corrected chi connectivity index (χ1v) is 7.93. The highest BCUT2D eigenvalue weighted by molar-refractivity contribution is 7.11. The summed E-state index contributed by atoms with van der Waals surface area (Å²) in [7, 11) is 1.72. The van der Waals surface area contributed by atoms with E-state index in [0.717, 1.165) is 31.8 Å². The van der Waals surface area contributed by atoms with Crippen LogP contribution in [0, 0.1) is 0 Å². The van der Waals surface area contributed by atoms with E-state index < -0.39 is 0 Å². The van der Waals surface area contributed by atoms with E-state index in [-0.39, 0.29) is 0 Å². The minimum atomic E-state index is 0.363.